The van der Waals surface area contributed by atoms with Crippen LogP contribution in [0.15, 0.2) is 59.4 Å². The average Bonchev–Trinajstić information content (AvgIpc) is 3.24. The molecule has 2 aromatic carbocycles. The lowest BCUT2D eigenvalue weighted by molar-refractivity contribution is 0.495. The first-order chi connectivity index (χ1) is 17.0. The van der Waals surface area contributed by atoms with Crippen molar-refractivity contribution in [1.82, 2.24) is 19.1 Å². The minimum atomic E-state index is -0.132. The second-order valence-corrected chi connectivity index (χ2v) is 9.17. The molecule has 1 unspecified atom stereocenters. The number of rotatable bonds is 6. The number of hydrogen-bond acceptors (Lipinski definition) is 6. The largest absolute Gasteiger partial charge is 0.341 e. The lowest BCUT2D eigenvalue weighted by Crippen LogP contribution is -2.44. The van der Waals surface area contributed by atoms with Crippen molar-refractivity contribution in [3.8, 4) is 6.07 Å². The van der Waals surface area contributed by atoms with Crippen LogP contribution in [0.3, 0.4) is 0 Å². The highest BCUT2D eigenvalue weighted by Crippen LogP contribution is 2.25. The number of hydrogen-bond donors (Lipinski definition) is 1. The molecule has 178 valence electrons. The summed E-state index contributed by atoms with van der Waals surface area (Å²) in [5.74, 6) is 1.39. The van der Waals surface area contributed by atoms with Crippen molar-refractivity contribution in [3.63, 3.8) is 0 Å². The Labute approximate surface area is 204 Å². The van der Waals surface area contributed by atoms with Gasteiger partial charge in [0.05, 0.1) is 18.2 Å². The second kappa shape index (κ2) is 9.72. The van der Waals surface area contributed by atoms with Crippen molar-refractivity contribution in [2.45, 2.75) is 38.3 Å². The van der Waals surface area contributed by atoms with Crippen molar-refractivity contribution < 1.29 is 0 Å². The van der Waals surface area contributed by atoms with Crippen LogP contribution in [0.1, 0.15) is 35.4 Å². The molecular weight excluding hydrogens is 438 g/mol. The number of nitrogens with two attached hydrogens (primary N) is 1. The molecule has 1 saturated heterocycles. The van der Waals surface area contributed by atoms with E-state index in [1.54, 1.807) is 17.7 Å². The standard InChI is InChI=1S/C27H29N7O/c1-32-23(14-13-19-8-3-2-4-9-19)30-25-24(26(32)35)34(17-21-11-6-5-10-20(21)16-28)27(31-25)33-15-7-12-22(29)18-33/h2-6,8-11,22H,7,12-15,17-18,29H2,1H3. The van der Waals surface area contributed by atoms with Gasteiger partial charge in [-0.05, 0) is 36.5 Å². The van der Waals surface area contributed by atoms with Crippen molar-refractivity contribution in [3.05, 3.63) is 87.5 Å². The zero-order valence-corrected chi connectivity index (χ0v) is 19.9. The van der Waals surface area contributed by atoms with Crippen LogP contribution in [0, 0.1) is 11.3 Å². The van der Waals surface area contributed by atoms with Crippen LogP contribution < -0.4 is 16.2 Å². The van der Waals surface area contributed by atoms with E-state index >= 15 is 0 Å². The van der Waals surface area contributed by atoms with Crippen LogP contribution in [0.25, 0.3) is 11.2 Å². The second-order valence-electron chi connectivity index (χ2n) is 9.17. The molecule has 2 aromatic heterocycles. The maximum Gasteiger partial charge on any atom is 0.279 e. The maximum atomic E-state index is 13.6. The van der Waals surface area contributed by atoms with E-state index < -0.39 is 0 Å². The van der Waals surface area contributed by atoms with Crippen LogP contribution in [0.4, 0.5) is 5.95 Å². The molecule has 3 heterocycles. The van der Waals surface area contributed by atoms with Gasteiger partial charge in [-0.15, -0.1) is 0 Å². The first-order valence-electron chi connectivity index (χ1n) is 12.0. The van der Waals surface area contributed by atoms with Crippen molar-refractivity contribution in [2.24, 2.45) is 12.8 Å². The molecule has 1 aliphatic rings. The number of piperidine rings is 1. The SMILES string of the molecule is Cn1c(CCc2ccccc2)nc2nc(N3CCCC(N)C3)n(Cc3ccccc3C#N)c2c1=O. The Hall–Kier alpha value is -3.96. The summed E-state index contributed by atoms with van der Waals surface area (Å²) in [7, 11) is 1.77. The number of aromatic nitrogens is 4. The molecule has 0 aliphatic carbocycles. The van der Waals surface area contributed by atoms with Crippen LogP contribution in [-0.4, -0.2) is 38.2 Å². The Morgan fingerprint density at radius 3 is 2.63 bits per heavy atom. The molecule has 0 amide bonds. The van der Waals surface area contributed by atoms with Gasteiger partial charge in [0.25, 0.3) is 5.56 Å². The minimum absolute atomic E-state index is 0.0561. The minimum Gasteiger partial charge on any atom is -0.341 e. The van der Waals surface area contributed by atoms with Gasteiger partial charge in [0.2, 0.25) is 5.95 Å². The predicted molar refractivity (Wildman–Crippen MR) is 136 cm³/mol. The fourth-order valence-electron chi connectivity index (χ4n) is 4.84. The van der Waals surface area contributed by atoms with Crippen LogP contribution in [0.2, 0.25) is 0 Å². The van der Waals surface area contributed by atoms with Crippen molar-refractivity contribution >= 4 is 17.1 Å². The third kappa shape index (κ3) is 4.55. The van der Waals surface area contributed by atoms with E-state index in [4.69, 9.17) is 15.7 Å². The molecule has 35 heavy (non-hydrogen) atoms. The zero-order valence-electron chi connectivity index (χ0n) is 19.9. The summed E-state index contributed by atoms with van der Waals surface area (Å²) in [6.07, 6.45) is 3.36. The van der Waals surface area contributed by atoms with Gasteiger partial charge in [0.15, 0.2) is 11.2 Å². The molecule has 1 atom stereocenters. The molecule has 4 aromatic rings. The molecule has 0 saturated carbocycles. The first kappa shape index (κ1) is 22.8. The Kier molecular flexibility index (Phi) is 6.34. The number of nitriles is 1. The van der Waals surface area contributed by atoms with Gasteiger partial charge in [0, 0.05) is 32.6 Å². The first-order valence-corrected chi connectivity index (χ1v) is 12.0. The number of aryl methyl sites for hydroxylation is 2. The summed E-state index contributed by atoms with van der Waals surface area (Å²) in [6, 6.07) is 20.0. The van der Waals surface area contributed by atoms with E-state index in [0.717, 1.165) is 31.4 Å². The van der Waals surface area contributed by atoms with Gasteiger partial charge in [-0.3, -0.25) is 13.9 Å². The maximum absolute atomic E-state index is 13.6. The molecule has 1 fully saturated rings. The predicted octanol–water partition coefficient (Wildman–Crippen LogP) is 2.76. The van der Waals surface area contributed by atoms with E-state index in [0.29, 0.717) is 48.0 Å². The molecule has 8 heteroatoms. The number of anilines is 1. The number of fused-ring (bicyclic) bond motifs is 1. The Morgan fingerprint density at radius 2 is 1.86 bits per heavy atom. The number of benzene rings is 2. The summed E-state index contributed by atoms with van der Waals surface area (Å²) < 4.78 is 3.55. The molecule has 0 radical (unpaired) electrons. The molecule has 0 bridgehead atoms. The van der Waals surface area contributed by atoms with E-state index in [2.05, 4.69) is 23.1 Å². The fraction of sp³-hybridized carbons (Fsp3) is 0.333. The van der Waals surface area contributed by atoms with E-state index in [9.17, 15) is 10.1 Å². The molecule has 1 aliphatic heterocycles. The van der Waals surface area contributed by atoms with Gasteiger partial charge >= 0.3 is 0 Å². The highest BCUT2D eigenvalue weighted by Gasteiger charge is 2.26. The van der Waals surface area contributed by atoms with Gasteiger partial charge in [0.1, 0.15) is 5.82 Å². The Morgan fingerprint density at radius 1 is 1.09 bits per heavy atom. The molecule has 5 rings (SSSR count). The summed E-state index contributed by atoms with van der Waals surface area (Å²) in [5, 5.41) is 9.62. The van der Waals surface area contributed by atoms with Crippen LogP contribution >= 0.6 is 0 Å². The molecule has 8 nitrogen and oxygen atoms in total. The molecule has 0 spiro atoms. The molecular formula is C27H29N7O. The fourth-order valence-corrected chi connectivity index (χ4v) is 4.84. The van der Waals surface area contributed by atoms with E-state index in [1.807, 2.05) is 41.0 Å². The summed E-state index contributed by atoms with van der Waals surface area (Å²) in [4.78, 5) is 25.5. The Balaban J connectivity index is 1.61. The lowest BCUT2D eigenvalue weighted by atomic mass is 10.1. The quantitative estimate of drug-likeness (QED) is 0.467. The molecule has 2 N–H and O–H groups in total. The number of imidazole rings is 1. The van der Waals surface area contributed by atoms with Gasteiger partial charge in [-0.2, -0.15) is 10.2 Å². The van der Waals surface area contributed by atoms with E-state index in [1.165, 1.54) is 5.56 Å². The van der Waals surface area contributed by atoms with E-state index in [-0.39, 0.29) is 11.6 Å². The van der Waals surface area contributed by atoms with Gasteiger partial charge in [-0.25, -0.2) is 4.98 Å². The highest BCUT2D eigenvalue weighted by atomic mass is 16.1. The average molecular weight is 468 g/mol. The monoisotopic (exact) mass is 467 g/mol. The van der Waals surface area contributed by atoms with Crippen molar-refractivity contribution in [2.75, 3.05) is 18.0 Å². The summed E-state index contributed by atoms with van der Waals surface area (Å²) >= 11 is 0. The third-order valence-electron chi connectivity index (χ3n) is 6.75. The topological polar surface area (TPSA) is 106 Å². The van der Waals surface area contributed by atoms with Gasteiger partial charge < -0.3 is 10.6 Å². The highest BCUT2D eigenvalue weighted by molar-refractivity contribution is 5.74. The van der Waals surface area contributed by atoms with Crippen LogP contribution in [0.5, 0.6) is 0 Å². The summed E-state index contributed by atoms with van der Waals surface area (Å²) in [6.45, 7) is 1.85. The zero-order chi connectivity index (χ0) is 24.4. The number of nitrogens with zero attached hydrogens (tertiary/aromatic N) is 6. The third-order valence-corrected chi connectivity index (χ3v) is 6.75. The normalized spacial score (nSPS) is 15.9. The van der Waals surface area contributed by atoms with Crippen molar-refractivity contribution in [1.29, 1.82) is 5.26 Å². The van der Waals surface area contributed by atoms with Crippen LogP contribution in [-0.2, 0) is 26.4 Å². The lowest BCUT2D eigenvalue weighted by Gasteiger charge is -2.31. The Bertz CT molecular complexity index is 1450. The van der Waals surface area contributed by atoms with Gasteiger partial charge in [-0.1, -0.05) is 48.5 Å². The summed E-state index contributed by atoms with van der Waals surface area (Å²) in [5.41, 5.74) is 9.66. The smallest absolute Gasteiger partial charge is 0.279 e.